The van der Waals surface area contributed by atoms with Crippen LogP contribution in [-0.2, 0) is 25.9 Å². The van der Waals surface area contributed by atoms with Crippen LogP contribution >= 0.6 is 0 Å². The van der Waals surface area contributed by atoms with Crippen molar-refractivity contribution < 1.29 is 23.0 Å². The normalized spacial score (nSPS) is 24.4. The predicted molar refractivity (Wildman–Crippen MR) is 131 cm³/mol. The number of benzene rings is 2. The lowest BCUT2D eigenvalue weighted by atomic mass is 9.76. The van der Waals surface area contributed by atoms with E-state index in [0.29, 0.717) is 31.9 Å². The Morgan fingerprint density at radius 1 is 1.06 bits per heavy atom. The van der Waals surface area contributed by atoms with Crippen molar-refractivity contribution in [3.8, 4) is 0 Å². The van der Waals surface area contributed by atoms with Crippen molar-refractivity contribution in [3.05, 3.63) is 60.2 Å². The van der Waals surface area contributed by atoms with Crippen molar-refractivity contribution in [1.29, 1.82) is 0 Å². The maximum atomic E-state index is 13.5. The van der Waals surface area contributed by atoms with Gasteiger partial charge in [0.1, 0.15) is 0 Å². The molecule has 0 radical (unpaired) electrons. The number of nitrogens with zero attached hydrogens (tertiary/aromatic N) is 1. The molecule has 0 aliphatic carbocycles. The van der Waals surface area contributed by atoms with Crippen LogP contribution in [0, 0.1) is 23.7 Å². The molecule has 5 atom stereocenters. The molecular weight excluding hydrogens is 452 g/mol. The zero-order valence-electron chi connectivity index (χ0n) is 19.9. The van der Waals surface area contributed by atoms with Gasteiger partial charge >= 0.3 is 0 Å². The number of nitrogen functional groups attached to an aromatic ring is 1. The first-order chi connectivity index (χ1) is 16.3. The summed E-state index contributed by atoms with van der Waals surface area (Å²) in [5.74, 6) is 0.264. The van der Waals surface area contributed by atoms with Crippen molar-refractivity contribution in [1.82, 2.24) is 4.31 Å². The molecule has 4 unspecified atom stereocenters. The number of nitrogens with two attached hydrogens (primary N) is 1. The van der Waals surface area contributed by atoms with Crippen LogP contribution in [0.15, 0.2) is 59.5 Å². The molecule has 3 N–H and O–H groups in total. The van der Waals surface area contributed by atoms with E-state index in [2.05, 4.69) is 12.1 Å². The molecule has 2 aromatic rings. The van der Waals surface area contributed by atoms with E-state index in [1.165, 1.54) is 16.4 Å². The summed E-state index contributed by atoms with van der Waals surface area (Å²) in [4.78, 5) is 0.183. The molecule has 0 spiro atoms. The standard InChI is InChI=1S/C26H36N2O5S/c1-18(2)15-28(34(30,31)21-10-8-20(27)9-11-21)16-25(29)23(14-19-6-4-3-5-7-19)24-17-33-26-22(24)12-13-32-26/h3-11,18,22-26,29H,12-17,27H2,1-2H3/t22?,23?,24?,25-,26?/m0/s1. The summed E-state index contributed by atoms with van der Waals surface area (Å²) in [5.41, 5.74) is 7.39. The van der Waals surface area contributed by atoms with Gasteiger partial charge in [-0.2, -0.15) is 4.31 Å². The molecule has 186 valence electrons. The fourth-order valence-electron chi connectivity index (χ4n) is 5.21. The second-order valence-electron chi connectivity index (χ2n) is 9.89. The molecule has 8 heteroatoms. The van der Waals surface area contributed by atoms with Crippen LogP contribution in [0.2, 0.25) is 0 Å². The smallest absolute Gasteiger partial charge is 0.243 e. The number of rotatable bonds is 10. The van der Waals surface area contributed by atoms with Crippen LogP contribution in [0.3, 0.4) is 0 Å². The molecular formula is C26H36N2O5S. The second-order valence-corrected chi connectivity index (χ2v) is 11.8. The van der Waals surface area contributed by atoms with E-state index < -0.39 is 16.1 Å². The molecule has 0 amide bonds. The molecule has 2 saturated heterocycles. The summed E-state index contributed by atoms with van der Waals surface area (Å²) < 4.78 is 40.1. The van der Waals surface area contributed by atoms with Crippen LogP contribution in [0.4, 0.5) is 5.69 Å². The highest BCUT2D eigenvalue weighted by molar-refractivity contribution is 7.89. The Balaban J connectivity index is 1.60. The van der Waals surface area contributed by atoms with Gasteiger partial charge in [-0.1, -0.05) is 44.2 Å². The van der Waals surface area contributed by atoms with E-state index in [9.17, 15) is 13.5 Å². The molecule has 0 saturated carbocycles. The van der Waals surface area contributed by atoms with E-state index >= 15 is 0 Å². The van der Waals surface area contributed by atoms with Crippen molar-refractivity contribution in [2.75, 3.05) is 32.0 Å². The van der Waals surface area contributed by atoms with Crippen LogP contribution in [-0.4, -0.2) is 56.5 Å². The van der Waals surface area contributed by atoms with E-state index in [1.807, 2.05) is 32.0 Å². The summed E-state index contributed by atoms with van der Waals surface area (Å²) in [6, 6.07) is 16.3. The zero-order chi connectivity index (χ0) is 24.3. The van der Waals surface area contributed by atoms with Gasteiger partial charge in [-0.25, -0.2) is 8.42 Å². The van der Waals surface area contributed by atoms with E-state index in [4.69, 9.17) is 15.2 Å². The first-order valence-electron chi connectivity index (χ1n) is 12.1. The highest BCUT2D eigenvalue weighted by atomic mass is 32.2. The van der Waals surface area contributed by atoms with Crippen molar-refractivity contribution in [2.45, 2.75) is 44.0 Å². The van der Waals surface area contributed by atoms with Crippen molar-refractivity contribution >= 4 is 15.7 Å². The SMILES string of the molecule is CC(C)CN(C[C@H](O)C(Cc1ccccc1)C1COC2OCCC21)S(=O)(=O)c1ccc(N)cc1. The first-order valence-corrected chi connectivity index (χ1v) is 13.5. The number of hydrogen-bond donors (Lipinski definition) is 2. The molecule has 2 aliphatic rings. The molecule has 34 heavy (non-hydrogen) atoms. The lowest BCUT2D eigenvalue weighted by Gasteiger charge is -2.34. The van der Waals surface area contributed by atoms with Gasteiger partial charge in [0.05, 0.1) is 24.2 Å². The average molecular weight is 489 g/mol. The average Bonchev–Trinajstić information content (AvgIpc) is 3.42. The van der Waals surface area contributed by atoms with E-state index in [-0.39, 0.29) is 41.4 Å². The minimum absolute atomic E-state index is 0.0249. The maximum absolute atomic E-state index is 13.5. The molecule has 7 nitrogen and oxygen atoms in total. The fourth-order valence-corrected chi connectivity index (χ4v) is 6.83. The summed E-state index contributed by atoms with van der Waals surface area (Å²) in [7, 11) is -3.79. The maximum Gasteiger partial charge on any atom is 0.243 e. The first kappa shape index (κ1) is 25.1. The molecule has 4 rings (SSSR count). The summed E-state index contributed by atoms with van der Waals surface area (Å²) in [5, 5.41) is 11.6. The molecule has 0 aromatic heterocycles. The summed E-state index contributed by atoms with van der Waals surface area (Å²) in [6.07, 6.45) is 0.472. The lowest BCUT2D eigenvalue weighted by molar-refractivity contribution is -0.0907. The number of ether oxygens (including phenoxy) is 2. The summed E-state index contributed by atoms with van der Waals surface area (Å²) >= 11 is 0. The molecule has 0 bridgehead atoms. The quantitative estimate of drug-likeness (QED) is 0.498. The predicted octanol–water partition coefficient (Wildman–Crippen LogP) is 3.14. The molecule has 2 fully saturated rings. The van der Waals surface area contributed by atoms with Gasteiger partial charge in [0.2, 0.25) is 10.0 Å². The number of sulfonamides is 1. The van der Waals surface area contributed by atoms with Gasteiger partial charge in [0.15, 0.2) is 6.29 Å². The van der Waals surface area contributed by atoms with Crippen LogP contribution < -0.4 is 5.73 Å². The van der Waals surface area contributed by atoms with Crippen LogP contribution in [0.1, 0.15) is 25.8 Å². The Hall–Kier alpha value is -1.97. The van der Waals surface area contributed by atoms with E-state index in [1.54, 1.807) is 12.1 Å². The molecule has 2 aromatic carbocycles. The van der Waals surface area contributed by atoms with Crippen molar-refractivity contribution in [2.24, 2.45) is 23.7 Å². The lowest BCUT2D eigenvalue weighted by Crippen LogP contribution is -2.45. The van der Waals surface area contributed by atoms with Gasteiger partial charge in [-0.3, -0.25) is 0 Å². The number of aliphatic hydroxyl groups is 1. The Morgan fingerprint density at radius 3 is 2.44 bits per heavy atom. The monoisotopic (exact) mass is 488 g/mol. The number of fused-ring (bicyclic) bond motifs is 1. The Kier molecular flexibility index (Phi) is 7.94. The third kappa shape index (κ3) is 5.63. The minimum atomic E-state index is -3.79. The van der Waals surface area contributed by atoms with Crippen LogP contribution in [0.5, 0.6) is 0 Å². The highest BCUT2D eigenvalue weighted by Gasteiger charge is 2.47. The van der Waals surface area contributed by atoms with Gasteiger partial charge in [0.25, 0.3) is 0 Å². The van der Waals surface area contributed by atoms with Gasteiger partial charge in [0, 0.05) is 24.7 Å². The van der Waals surface area contributed by atoms with Gasteiger partial charge in [-0.05, 0) is 60.4 Å². The molecule has 2 heterocycles. The third-order valence-corrected chi connectivity index (χ3v) is 8.77. The topological polar surface area (TPSA) is 102 Å². The van der Waals surface area contributed by atoms with Gasteiger partial charge in [-0.15, -0.1) is 0 Å². The largest absolute Gasteiger partial charge is 0.399 e. The van der Waals surface area contributed by atoms with E-state index in [0.717, 1.165) is 12.0 Å². The number of aliphatic hydroxyl groups excluding tert-OH is 1. The number of anilines is 1. The highest BCUT2D eigenvalue weighted by Crippen LogP contribution is 2.42. The van der Waals surface area contributed by atoms with Crippen molar-refractivity contribution in [3.63, 3.8) is 0 Å². The second kappa shape index (κ2) is 10.7. The third-order valence-electron chi connectivity index (χ3n) is 6.92. The van der Waals surface area contributed by atoms with Crippen LogP contribution in [0.25, 0.3) is 0 Å². The minimum Gasteiger partial charge on any atom is -0.399 e. The Bertz CT molecular complexity index is 1030. The molecule has 2 aliphatic heterocycles. The Morgan fingerprint density at radius 2 is 1.76 bits per heavy atom. The fraction of sp³-hybridized carbons (Fsp3) is 0.538. The summed E-state index contributed by atoms with van der Waals surface area (Å²) in [6.45, 7) is 5.47. The number of hydrogen-bond acceptors (Lipinski definition) is 6. The van der Waals surface area contributed by atoms with Gasteiger partial charge < -0.3 is 20.3 Å². The zero-order valence-corrected chi connectivity index (χ0v) is 20.7. The Labute approximate surface area is 202 Å².